The summed E-state index contributed by atoms with van der Waals surface area (Å²) in [6.45, 7) is 0.508. The monoisotopic (exact) mass is 294 g/mol. The first-order valence-corrected chi connectivity index (χ1v) is 7.80. The van der Waals surface area contributed by atoms with Crippen molar-refractivity contribution in [3.05, 3.63) is 34.9 Å². The van der Waals surface area contributed by atoms with Crippen molar-refractivity contribution in [2.75, 3.05) is 0 Å². The van der Waals surface area contributed by atoms with Crippen LogP contribution in [0.5, 0.6) is 0 Å². The van der Waals surface area contributed by atoms with Crippen molar-refractivity contribution in [1.29, 1.82) is 0 Å². The zero-order valence-corrected chi connectivity index (χ0v) is 12.5. The second-order valence-corrected chi connectivity index (χ2v) is 6.13. The molecule has 2 rings (SSSR count). The Balaban J connectivity index is 1.74. The molecule has 0 aliphatic heterocycles. The lowest BCUT2D eigenvalue weighted by Gasteiger charge is -2.24. The van der Waals surface area contributed by atoms with Gasteiger partial charge in [0.25, 0.3) is 0 Å². The topological polar surface area (TPSA) is 55.1 Å². The minimum Gasteiger partial charge on any atom is -0.351 e. The van der Waals surface area contributed by atoms with Crippen LogP contribution in [0, 0.1) is 5.92 Å². The number of amides is 1. The Bertz CT molecular complexity index is 427. The van der Waals surface area contributed by atoms with Crippen molar-refractivity contribution in [2.45, 2.75) is 51.1 Å². The van der Waals surface area contributed by atoms with Gasteiger partial charge in [-0.25, -0.2) is 0 Å². The molecule has 1 saturated carbocycles. The lowest BCUT2D eigenvalue weighted by molar-refractivity contribution is -0.122. The molecule has 1 aliphatic carbocycles. The first kappa shape index (κ1) is 15.3. The Hall–Kier alpha value is -1.06. The summed E-state index contributed by atoms with van der Waals surface area (Å²) >= 11 is 5.83. The van der Waals surface area contributed by atoms with Gasteiger partial charge in [0.15, 0.2) is 0 Å². The van der Waals surface area contributed by atoms with Gasteiger partial charge in [-0.3, -0.25) is 4.79 Å². The molecule has 1 fully saturated rings. The van der Waals surface area contributed by atoms with Gasteiger partial charge in [0.1, 0.15) is 0 Å². The SMILES string of the molecule is NC(CC1CCCCC1)C(=O)NCc1ccc(Cl)cc1. The maximum absolute atomic E-state index is 12.0. The Kier molecular flexibility index (Phi) is 5.86. The Morgan fingerprint density at radius 3 is 2.55 bits per heavy atom. The molecule has 0 heterocycles. The predicted octanol–water partition coefficient (Wildman–Crippen LogP) is 3.25. The van der Waals surface area contributed by atoms with E-state index in [1.54, 1.807) is 0 Å². The van der Waals surface area contributed by atoms with Crippen LogP contribution in [0.3, 0.4) is 0 Å². The van der Waals surface area contributed by atoms with E-state index in [4.69, 9.17) is 17.3 Å². The number of benzene rings is 1. The molecule has 1 atom stereocenters. The van der Waals surface area contributed by atoms with Crippen LogP contribution in [0.2, 0.25) is 5.02 Å². The second kappa shape index (κ2) is 7.65. The maximum Gasteiger partial charge on any atom is 0.237 e. The molecule has 0 bridgehead atoms. The van der Waals surface area contributed by atoms with Gasteiger partial charge in [-0.15, -0.1) is 0 Å². The zero-order valence-electron chi connectivity index (χ0n) is 11.8. The summed E-state index contributed by atoms with van der Waals surface area (Å²) in [7, 11) is 0. The fourth-order valence-electron chi connectivity index (χ4n) is 2.81. The first-order valence-electron chi connectivity index (χ1n) is 7.43. The van der Waals surface area contributed by atoms with E-state index in [0.717, 1.165) is 12.0 Å². The molecule has 0 saturated heterocycles. The van der Waals surface area contributed by atoms with Crippen molar-refractivity contribution >= 4 is 17.5 Å². The minimum atomic E-state index is -0.384. The minimum absolute atomic E-state index is 0.0504. The highest BCUT2D eigenvalue weighted by molar-refractivity contribution is 6.30. The Morgan fingerprint density at radius 1 is 1.25 bits per heavy atom. The van der Waals surface area contributed by atoms with Crippen LogP contribution in [-0.4, -0.2) is 11.9 Å². The smallest absolute Gasteiger partial charge is 0.237 e. The van der Waals surface area contributed by atoms with E-state index in [9.17, 15) is 4.79 Å². The van der Waals surface area contributed by atoms with Gasteiger partial charge in [-0.2, -0.15) is 0 Å². The summed E-state index contributed by atoms with van der Waals surface area (Å²) in [5, 5.41) is 3.60. The summed E-state index contributed by atoms with van der Waals surface area (Å²) < 4.78 is 0. The first-order chi connectivity index (χ1) is 9.65. The second-order valence-electron chi connectivity index (χ2n) is 5.69. The van der Waals surface area contributed by atoms with Crippen molar-refractivity contribution in [2.24, 2.45) is 11.7 Å². The van der Waals surface area contributed by atoms with Crippen LogP contribution in [0.1, 0.15) is 44.1 Å². The summed E-state index contributed by atoms with van der Waals surface area (Å²) in [4.78, 5) is 12.0. The molecule has 20 heavy (non-hydrogen) atoms. The van der Waals surface area contributed by atoms with Crippen LogP contribution in [-0.2, 0) is 11.3 Å². The lowest BCUT2D eigenvalue weighted by atomic mass is 9.85. The van der Waals surface area contributed by atoms with Crippen molar-refractivity contribution < 1.29 is 4.79 Å². The van der Waals surface area contributed by atoms with Gasteiger partial charge in [0.2, 0.25) is 5.91 Å². The van der Waals surface area contributed by atoms with Crippen molar-refractivity contribution in [1.82, 2.24) is 5.32 Å². The van der Waals surface area contributed by atoms with Gasteiger partial charge in [-0.1, -0.05) is 55.8 Å². The number of hydrogen-bond acceptors (Lipinski definition) is 2. The molecular weight excluding hydrogens is 272 g/mol. The van der Waals surface area contributed by atoms with Crippen LogP contribution in [0.25, 0.3) is 0 Å². The average molecular weight is 295 g/mol. The lowest BCUT2D eigenvalue weighted by Crippen LogP contribution is -2.41. The van der Waals surface area contributed by atoms with E-state index >= 15 is 0 Å². The molecule has 0 aromatic heterocycles. The molecule has 1 aromatic rings. The summed E-state index contributed by atoms with van der Waals surface area (Å²) in [6.07, 6.45) is 7.14. The van der Waals surface area contributed by atoms with Crippen LogP contribution < -0.4 is 11.1 Å². The molecule has 1 aromatic carbocycles. The van der Waals surface area contributed by atoms with E-state index in [-0.39, 0.29) is 11.9 Å². The third kappa shape index (κ3) is 4.80. The highest BCUT2D eigenvalue weighted by Crippen LogP contribution is 2.26. The van der Waals surface area contributed by atoms with Gasteiger partial charge in [-0.05, 0) is 30.0 Å². The molecule has 3 nitrogen and oxygen atoms in total. The Morgan fingerprint density at radius 2 is 1.90 bits per heavy atom. The standard InChI is InChI=1S/C16H23ClN2O/c17-14-8-6-13(7-9-14)11-19-16(20)15(18)10-12-4-2-1-3-5-12/h6-9,12,15H,1-5,10-11,18H2,(H,19,20). The summed E-state index contributed by atoms with van der Waals surface area (Å²) in [5.74, 6) is 0.575. The fourth-order valence-corrected chi connectivity index (χ4v) is 2.94. The highest BCUT2D eigenvalue weighted by Gasteiger charge is 2.20. The molecule has 1 amide bonds. The van der Waals surface area contributed by atoms with E-state index in [1.807, 2.05) is 24.3 Å². The summed E-state index contributed by atoms with van der Waals surface area (Å²) in [5.41, 5.74) is 7.04. The van der Waals surface area contributed by atoms with E-state index < -0.39 is 0 Å². The maximum atomic E-state index is 12.0. The average Bonchev–Trinajstić information content (AvgIpc) is 2.47. The number of nitrogens with one attached hydrogen (secondary N) is 1. The molecule has 4 heteroatoms. The predicted molar refractivity (Wildman–Crippen MR) is 82.5 cm³/mol. The molecule has 3 N–H and O–H groups in total. The van der Waals surface area contributed by atoms with Crippen LogP contribution >= 0.6 is 11.6 Å². The molecule has 110 valence electrons. The van der Waals surface area contributed by atoms with Crippen LogP contribution in [0.15, 0.2) is 24.3 Å². The van der Waals surface area contributed by atoms with Crippen molar-refractivity contribution in [3.8, 4) is 0 Å². The van der Waals surface area contributed by atoms with Crippen molar-refractivity contribution in [3.63, 3.8) is 0 Å². The summed E-state index contributed by atoms with van der Waals surface area (Å²) in [6, 6.07) is 7.09. The number of carbonyl (C=O) groups is 1. The molecule has 0 spiro atoms. The number of carbonyl (C=O) groups excluding carboxylic acids is 1. The zero-order chi connectivity index (χ0) is 14.4. The normalized spacial score (nSPS) is 17.7. The quantitative estimate of drug-likeness (QED) is 0.876. The third-order valence-electron chi connectivity index (χ3n) is 4.03. The number of rotatable bonds is 5. The molecule has 1 aliphatic rings. The fraction of sp³-hybridized carbons (Fsp3) is 0.562. The van der Waals surface area contributed by atoms with Gasteiger partial charge in [0.05, 0.1) is 6.04 Å². The molecule has 1 unspecified atom stereocenters. The van der Waals surface area contributed by atoms with E-state index in [1.165, 1.54) is 32.1 Å². The van der Waals surface area contributed by atoms with Gasteiger partial charge in [0, 0.05) is 11.6 Å². The largest absolute Gasteiger partial charge is 0.351 e. The molecular formula is C16H23ClN2O. The van der Waals surface area contributed by atoms with E-state index in [0.29, 0.717) is 17.5 Å². The van der Waals surface area contributed by atoms with E-state index in [2.05, 4.69) is 5.32 Å². The third-order valence-corrected chi connectivity index (χ3v) is 4.28. The molecule has 0 radical (unpaired) electrons. The number of halogens is 1. The van der Waals surface area contributed by atoms with Gasteiger partial charge < -0.3 is 11.1 Å². The number of nitrogens with two attached hydrogens (primary N) is 1. The highest BCUT2D eigenvalue weighted by atomic mass is 35.5. The number of hydrogen-bond donors (Lipinski definition) is 2. The van der Waals surface area contributed by atoms with Crippen LogP contribution in [0.4, 0.5) is 0 Å². The van der Waals surface area contributed by atoms with Gasteiger partial charge >= 0.3 is 0 Å². The Labute approximate surface area is 125 Å².